The van der Waals surface area contributed by atoms with Gasteiger partial charge in [0, 0.05) is 0 Å². The molecule has 0 amide bonds. The van der Waals surface area contributed by atoms with E-state index in [1.54, 1.807) is 0 Å². The van der Waals surface area contributed by atoms with Gasteiger partial charge in [-0.3, -0.25) is 0 Å². The van der Waals surface area contributed by atoms with Gasteiger partial charge in [0.1, 0.15) is 0 Å². The number of nitrogens with one attached hydrogen (secondary N) is 1. The molecular formula is C9H15ClN2O. The minimum absolute atomic E-state index is 0. The Bertz CT molecular complexity index is 226. The van der Waals surface area contributed by atoms with Crippen molar-refractivity contribution in [3.8, 4) is 6.07 Å². The molecule has 74 valence electrons. The quantitative estimate of drug-likeness (QED) is 0.662. The largest absolute Gasteiger partial charge is 0.388 e. The molecule has 0 atom stereocenters. The number of hydrogen-bond donors (Lipinski definition) is 2. The second-order valence-electron chi connectivity index (χ2n) is 3.98. The second kappa shape index (κ2) is 3.45. The van der Waals surface area contributed by atoms with Gasteiger partial charge in [-0.2, -0.15) is 5.26 Å². The molecule has 13 heavy (non-hydrogen) atoms. The Hall–Kier alpha value is -0.300. The van der Waals surface area contributed by atoms with E-state index in [2.05, 4.69) is 11.4 Å². The standard InChI is InChI=1S/C9H14N2O.ClH/c10-7-8(1-2-8)9(12)3-5-11-6-4-9;/h11-12H,1-6H2;1H. The van der Waals surface area contributed by atoms with Crippen molar-refractivity contribution in [2.24, 2.45) is 5.41 Å². The van der Waals surface area contributed by atoms with Crippen molar-refractivity contribution in [3.05, 3.63) is 0 Å². The van der Waals surface area contributed by atoms with Gasteiger partial charge in [0.25, 0.3) is 0 Å². The molecule has 2 rings (SSSR count). The summed E-state index contributed by atoms with van der Waals surface area (Å²) in [4.78, 5) is 0. The monoisotopic (exact) mass is 202 g/mol. The predicted octanol–water partition coefficient (Wildman–Crippen LogP) is 0.826. The number of piperidine rings is 1. The lowest BCUT2D eigenvalue weighted by Gasteiger charge is -2.36. The van der Waals surface area contributed by atoms with E-state index in [0.717, 1.165) is 38.8 Å². The summed E-state index contributed by atoms with van der Waals surface area (Å²) in [7, 11) is 0. The van der Waals surface area contributed by atoms with Crippen LogP contribution in [0.2, 0.25) is 0 Å². The van der Waals surface area contributed by atoms with E-state index in [0.29, 0.717) is 0 Å². The van der Waals surface area contributed by atoms with Crippen LogP contribution in [0, 0.1) is 16.7 Å². The number of nitriles is 1. The molecule has 2 fully saturated rings. The van der Waals surface area contributed by atoms with Crippen molar-refractivity contribution in [1.29, 1.82) is 5.26 Å². The summed E-state index contributed by atoms with van der Waals surface area (Å²) in [5.74, 6) is 0. The third kappa shape index (κ3) is 1.54. The van der Waals surface area contributed by atoms with E-state index in [9.17, 15) is 5.11 Å². The van der Waals surface area contributed by atoms with Gasteiger partial charge >= 0.3 is 0 Å². The molecule has 1 saturated carbocycles. The van der Waals surface area contributed by atoms with E-state index < -0.39 is 5.60 Å². The van der Waals surface area contributed by atoms with Crippen molar-refractivity contribution in [1.82, 2.24) is 5.32 Å². The van der Waals surface area contributed by atoms with Crippen LogP contribution in [0.5, 0.6) is 0 Å². The van der Waals surface area contributed by atoms with Gasteiger partial charge in [0.15, 0.2) is 0 Å². The van der Waals surface area contributed by atoms with Crippen LogP contribution in [-0.2, 0) is 0 Å². The summed E-state index contributed by atoms with van der Waals surface area (Å²) >= 11 is 0. The molecule has 3 nitrogen and oxygen atoms in total. The lowest BCUT2D eigenvalue weighted by Crippen LogP contribution is -2.48. The minimum Gasteiger partial charge on any atom is -0.388 e. The fraction of sp³-hybridized carbons (Fsp3) is 0.889. The van der Waals surface area contributed by atoms with E-state index in [1.165, 1.54) is 0 Å². The molecule has 1 saturated heterocycles. The normalized spacial score (nSPS) is 28.3. The van der Waals surface area contributed by atoms with Crippen LogP contribution in [0.4, 0.5) is 0 Å². The van der Waals surface area contributed by atoms with E-state index in [4.69, 9.17) is 5.26 Å². The first kappa shape index (κ1) is 10.8. The van der Waals surface area contributed by atoms with E-state index in [1.807, 2.05) is 0 Å². The molecule has 0 bridgehead atoms. The third-order valence-corrected chi connectivity index (χ3v) is 3.29. The van der Waals surface area contributed by atoms with Crippen molar-refractivity contribution >= 4 is 12.4 Å². The first-order valence-corrected chi connectivity index (χ1v) is 4.57. The van der Waals surface area contributed by atoms with Crippen molar-refractivity contribution in [2.75, 3.05) is 13.1 Å². The van der Waals surface area contributed by atoms with Crippen LogP contribution in [0.25, 0.3) is 0 Å². The highest BCUT2D eigenvalue weighted by atomic mass is 35.5. The van der Waals surface area contributed by atoms with Crippen LogP contribution in [0.1, 0.15) is 25.7 Å². The summed E-state index contributed by atoms with van der Waals surface area (Å²) in [5, 5.41) is 22.3. The number of aliphatic hydroxyl groups is 1. The minimum atomic E-state index is -0.687. The molecule has 4 heteroatoms. The molecule has 2 N–H and O–H groups in total. The molecule has 1 heterocycles. The summed E-state index contributed by atoms with van der Waals surface area (Å²) in [6.45, 7) is 1.69. The average molecular weight is 203 g/mol. The first-order chi connectivity index (χ1) is 5.72. The summed E-state index contributed by atoms with van der Waals surface area (Å²) in [6.07, 6.45) is 3.25. The Morgan fingerprint density at radius 2 is 1.69 bits per heavy atom. The topological polar surface area (TPSA) is 56.0 Å². The second-order valence-corrected chi connectivity index (χ2v) is 3.98. The highest BCUT2D eigenvalue weighted by molar-refractivity contribution is 5.85. The van der Waals surface area contributed by atoms with E-state index >= 15 is 0 Å². The van der Waals surface area contributed by atoms with Gasteiger partial charge < -0.3 is 10.4 Å². The number of rotatable bonds is 1. The zero-order valence-corrected chi connectivity index (χ0v) is 8.36. The fourth-order valence-electron chi connectivity index (χ4n) is 2.13. The predicted molar refractivity (Wildman–Crippen MR) is 51.6 cm³/mol. The van der Waals surface area contributed by atoms with Crippen LogP contribution >= 0.6 is 12.4 Å². The summed E-state index contributed by atoms with van der Waals surface area (Å²) < 4.78 is 0. The molecule has 1 aliphatic carbocycles. The maximum absolute atomic E-state index is 10.2. The molecule has 1 aliphatic heterocycles. The van der Waals surface area contributed by atoms with Crippen molar-refractivity contribution in [3.63, 3.8) is 0 Å². The number of hydrogen-bond acceptors (Lipinski definition) is 3. The highest BCUT2D eigenvalue weighted by Crippen LogP contribution is 2.56. The molecule has 0 aromatic heterocycles. The maximum atomic E-state index is 10.2. The fourth-order valence-corrected chi connectivity index (χ4v) is 2.13. The Balaban J connectivity index is 0.000000845. The van der Waals surface area contributed by atoms with Gasteiger partial charge in [-0.15, -0.1) is 12.4 Å². The van der Waals surface area contributed by atoms with Gasteiger partial charge in [0.05, 0.1) is 17.1 Å². The molecule has 2 aliphatic rings. The Morgan fingerprint density at radius 3 is 2.08 bits per heavy atom. The van der Waals surface area contributed by atoms with Gasteiger partial charge in [-0.25, -0.2) is 0 Å². The SMILES string of the molecule is Cl.N#CC1(C2(O)CCNCC2)CC1. The molecular weight excluding hydrogens is 188 g/mol. The molecule has 0 aromatic carbocycles. The van der Waals surface area contributed by atoms with Crippen LogP contribution < -0.4 is 5.32 Å². The Morgan fingerprint density at radius 1 is 1.15 bits per heavy atom. The summed E-state index contributed by atoms with van der Waals surface area (Å²) in [6, 6.07) is 2.28. The molecule has 0 radical (unpaired) electrons. The highest BCUT2D eigenvalue weighted by Gasteiger charge is 2.59. The number of halogens is 1. The van der Waals surface area contributed by atoms with Crippen LogP contribution in [0.15, 0.2) is 0 Å². The Labute approximate surface area is 84.5 Å². The maximum Gasteiger partial charge on any atom is 0.0862 e. The Kier molecular flexibility index (Phi) is 2.86. The third-order valence-electron chi connectivity index (χ3n) is 3.29. The smallest absolute Gasteiger partial charge is 0.0862 e. The summed E-state index contributed by atoms with van der Waals surface area (Å²) in [5.41, 5.74) is -1.07. The molecule has 0 spiro atoms. The van der Waals surface area contributed by atoms with Crippen molar-refractivity contribution < 1.29 is 5.11 Å². The molecule has 0 aromatic rings. The van der Waals surface area contributed by atoms with Crippen molar-refractivity contribution in [2.45, 2.75) is 31.3 Å². The zero-order chi connectivity index (χ0) is 8.66. The van der Waals surface area contributed by atoms with Crippen LogP contribution in [-0.4, -0.2) is 23.8 Å². The van der Waals surface area contributed by atoms with E-state index in [-0.39, 0.29) is 17.8 Å². The van der Waals surface area contributed by atoms with Gasteiger partial charge in [-0.1, -0.05) is 0 Å². The number of nitrogens with zero attached hydrogens (tertiary/aromatic N) is 1. The molecule has 0 unspecified atom stereocenters. The lowest BCUT2D eigenvalue weighted by molar-refractivity contribution is -0.0357. The van der Waals surface area contributed by atoms with Gasteiger partial charge in [-0.05, 0) is 38.8 Å². The lowest BCUT2D eigenvalue weighted by atomic mass is 9.78. The van der Waals surface area contributed by atoms with Gasteiger partial charge in [0.2, 0.25) is 0 Å². The van der Waals surface area contributed by atoms with Crippen LogP contribution in [0.3, 0.4) is 0 Å². The average Bonchev–Trinajstić information content (AvgIpc) is 2.86. The first-order valence-electron chi connectivity index (χ1n) is 4.57. The zero-order valence-electron chi connectivity index (χ0n) is 7.55.